The number of hydrogen-bond donors (Lipinski definition) is 1. The molecular formula is C24H25FN2O5. The SMILES string of the molecule is CCOc1cc(C(=O)Nc2ccc(OCCOC)c(F)c2)ccc1OCc1cccnc1. The fourth-order valence-corrected chi connectivity index (χ4v) is 2.82. The lowest BCUT2D eigenvalue weighted by atomic mass is 10.1. The number of anilines is 1. The molecule has 0 spiro atoms. The molecule has 7 nitrogen and oxygen atoms in total. The Morgan fingerprint density at radius 3 is 2.56 bits per heavy atom. The van der Waals surface area contributed by atoms with Crippen LogP contribution in [0.4, 0.5) is 10.1 Å². The van der Waals surface area contributed by atoms with Crippen molar-refractivity contribution in [3.63, 3.8) is 0 Å². The predicted octanol–water partition coefficient (Wildman–Crippen LogP) is 4.48. The molecule has 8 heteroatoms. The van der Waals surface area contributed by atoms with Crippen LogP contribution in [0, 0.1) is 5.82 Å². The number of amides is 1. The summed E-state index contributed by atoms with van der Waals surface area (Å²) >= 11 is 0. The van der Waals surface area contributed by atoms with Crippen molar-refractivity contribution in [2.75, 3.05) is 32.2 Å². The average Bonchev–Trinajstić information content (AvgIpc) is 2.80. The van der Waals surface area contributed by atoms with Gasteiger partial charge in [0, 0.05) is 42.4 Å². The molecule has 1 aromatic heterocycles. The second-order valence-electron chi connectivity index (χ2n) is 6.69. The molecule has 2 aromatic carbocycles. The fourth-order valence-electron chi connectivity index (χ4n) is 2.82. The number of benzene rings is 2. The zero-order chi connectivity index (χ0) is 22.8. The Bertz CT molecular complexity index is 1030. The van der Waals surface area contributed by atoms with E-state index >= 15 is 0 Å². The molecule has 1 amide bonds. The smallest absolute Gasteiger partial charge is 0.255 e. The van der Waals surface area contributed by atoms with Crippen LogP contribution in [0.15, 0.2) is 60.9 Å². The van der Waals surface area contributed by atoms with Crippen LogP contribution >= 0.6 is 0 Å². The fraction of sp³-hybridized carbons (Fsp3) is 0.250. The van der Waals surface area contributed by atoms with Gasteiger partial charge in [-0.2, -0.15) is 0 Å². The summed E-state index contributed by atoms with van der Waals surface area (Å²) in [6.45, 7) is 3.15. The lowest BCUT2D eigenvalue weighted by Crippen LogP contribution is -2.13. The van der Waals surface area contributed by atoms with Gasteiger partial charge in [-0.1, -0.05) is 6.07 Å². The van der Waals surface area contributed by atoms with Crippen LogP contribution in [0.5, 0.6) is 17.2 Å². The maximum atomic E-state index is 14.2. The van der Waals surface area contributed by atoms with Crippen molar-refractivity contribution in [1.29, 1.82) is 0 Å². The molecule has 0 fully saturated rings. The lowest BCUT2D eigenvalue weighted by Gasteiger charge is -2.14. The maximum Gasteiger partial charge on any atom is 0.255 e. The summed E-state index contributed by atoms with van der Waals surface area (Å²) in [7, 11) is 1.54. The van der Waals surface area contributed by atoms with Gasteiger partial charge in [-0.05, 0) is 43.3 Å². The number of aromatic nitrogens is 1. The van der Waals surface area contributed by atoms with Crippen molar-refractivity contribution >= 4 is 11.6 Å². The Morgan fingerprint density at radius 1 is 1.00 bits per heavy atom. The number of carbonyl (C=O) groups is 1. The first-order valence-electron chi connectivity index (χ1n) is 10.1. The van der Waals surface area contributed by atoms with Gasteiger partial charge >= 0.3 is 0 Å². The molecule has 32 heavy (non-hydrogen) atoms. The third-order valence-electron chi connectivity index (χ3n) is 4.36. The normalized spacial score (nSPS) is 10.5. The third-order valence-corrected chi connectivity index (χ3v) is 4.36. The Balaban J connectivity index is 1.68. The summed E-state index contributed by atoms with van der Waals surface area (Å²) in [5.74, 6) is 0.0621. The molecule has 0 aliphatic heterocycles. The highest BCUT2D eigenvalue weighted by Crippen LogP contribution is 2.30. The summed E-state index contributed by atoms with van der Waals surface area (Å²) < 4.78 is 35.8. The number of halogens is 1. The van der Waals surface area contributed by atoms with Crippen molar-refractivity contribution in [2.24, 2.45) is 0 Å². The first-order chi connectivity index (χ1) is 15.6. The van der Waals surface area contributed by atoms with Gasteiger partial charge in [0.15, 0.2) is 23.1 Å². The highest BCUT2D eigenvalue weighted by Gasteiger charge is 2.14. The van der Waals surface area contributed by atoms with Crippen LogP contribution in [0.1, 0.15) is 22.8 Å². The van der Waals surface area contributed by atoms with E-state index in [9.17, 15) is 9.18 Å². The molecule has 0 aliphatic carbocycles. The van der Waals surface area contributed by atoms with E-state index in [1.807, 2.05) is 19.1 Å². The molecule has 0 saturated carbocycles. The second-order valence-corrected chi connectivity index (χ2v) is 6.69. The number of pyridine rings is 1. The van der Waals surface area contributed by atoms with Crippen molar-refractivity contribution in [3.05, 3.63) is 77.9 Å². The molecule has 0 atom stereocenters. The van der Waals surface area contributed by atoms with Crippen LogP contribution in [-0.4, -0.2) is 37.8 Å². The molecule has 1 heterocycles. The van der Waals surface area contributed by atoms with E-state index in [4.69, 9.17) is 18.9 Å². The van der Waals surface area contributed by atoms with Gasteiger partial charge < -0.3 is 24.3 Å². The third kappa shape index (κ3) is 6.42. The summed E-state index contributed by atoms with van der Waals surface area (Å²) in [6.07, 6.45) is 3.41. The van der Waals surface area contributed by atoms with E-state index < -0.39 is 11.7 Å². The van der Waals surface area contributed by atoms with Gasteiger partial charge in [-0.25, -0.2) is 4.39 Å². The van der Waals surface area contributed by atoms with Gasteiger partial charge in [-0.15, -0.1) is 0 Å². The molecule has 1 N–H and O–H groups in total. The zero-order valence-corrected chi connectivity index (χ0v) is 18.0. The molecule has 0 saturated heterocycles. The molecular weight excluding hydrogens is 415 g/mol. The summed E-state index contributed by atoms with van der Waals surface area (Å²) in [4.78, 5) is 16.7. The second kappa shape index (κ2) is 11.7. The van der Waals surface area contributed by atoms with Crippen LogP contribution in [-0.2, 0) is 11.3 Å². The average molecular weight is 440 g/mol. The van der Waals surface area contributed by atoms with Crippen LogP contribution in [0.2, 0.25) is 0 Å². The summed E-state index contributed by atoms with van der Waals surface area (Å²) in [6, 6.07) is 12.8. The standard InChI is InChI=1S/C24H25FN2O5/c1-3-30-23-13-18(6-8-22(23)32-16-17-5-4-10-26-15-17)24(28)27-19-7-9-21(20(25)14-19)31-12-11-29-2/h4-10,13-15H,3,11-12,16H2,1-2H3,(H,27,28). The number of hydrogen-bond acceptors (Lipinski definition) is 6. The minimum atomic E-state index is -0.576. The van der Waals surface area contributed by atoms with Crippen molar-refractivity contribution in [2.45, 2.75) is 13.5 Å². The Morgan fingerprint density at radius 2 is 1.84 bits per heavy atom. The Hall–Kier alpha value is -3.65. The monoisotopic (exact) mass is 440 g/mol. The highest BCUT2D eigenvalue weighted by atomic mass is 19.1. The minimum absolute atomic E-state index is 0.0915. The van der Waals surface area contributed by atoms with E-state index in [-0.39, 0.29) is 12.4 Å². The number of nitrogens with zero attached hydrogens (tertiary/aromatic N) is 1. The molecule has 3 rings (SSSR count). The van der Waals surface area contributed by atoms with E-state index in [1.54, 1.807) is 36.7 Å². The molecule has 0 bridgehead atoms. The van der Waals surface area contributed by atoms with E-state index in [0.717, 1.165) is 5.56 Å². The molecule has 3 aromatic rings. The van der Waals surface area contributed by atoms with Gasteiger partial charge in [0.05, 0.1) is 13.2 Å². The maximum absolute atomic E-state index is 14.2. The first-order valence-corrected chi connectivity index (χ1v) is 10.1. The highest BCUT2D eigenvalue weighted by molar-refractivity contribution is 6.04. The number of rotatable bonds is 11. The van der Waals surface area contributed by atoms with Crippen molar-refractivity contribution in [3.8, 4) is 17.2 Å². The molecule has 0 unspecified atom stereocenters. The molecule has 0 aliphatic rings. The van der Waals surface area contributed by atoms with Crippen molar-refractivity contribution in [1.82, 2.24) is 4.98 Å². The zero-order valence-electron chi connectivity index (χ0n) is 18.0. The van der Waals surface area contributed by atoms with E-state index in [1.165, 1.54) is 19.2 Å². The Labute approximate surface area is 186 Å². The van der Waals surface area contributed by atoms with E-state index in [0.29, 0.717) is 42.6 Å². The number of methoxy groups -OCH3 is 1. The lowest BCUT2D eigenvalue weighted by molar-refractivity contribution is 0.102. The van der Waals surface area contributed by atoms with Crippen LogP contribution in [0.3, 0.4) is 0 Å². The number of nitrogens with one attached hydrogen (secondary N) is 1. The molecule has 168 valence electrons. The largest absolute Gasteiger partial charge is 0.490 e. The van der Waals surface area contributed by atoms with Gasteiger partial charge in [0.25, 0.3) is 5.91 Å². The first kappa shape index (κ1) is 23.0. The minimum Gasteiger partial charge on any atom is -0.490 e. The summed E-state index contributed by atoms with van der Waals surface area (Å²) in [5, 5.41) is 2.68. The van der Waals surface area contributed by atoms with Crippen LogP contribution < -0.4 is 19.5 Å². The predicted molar refractivity (Wildman–Crippen MR) is 118 cm³/mol. The quantitative estimate of drug-likeness (QED) is 0.443. The number of carbonyl (C=O) groups excluding carboxylic acids is 1. The number of ether oxygens (including phenoxy) is 4. The van der Waals surface area contributed by atoms with Gasteiger partial charge in [0.1, 0.15) is 13.2 Å². The van der Waals surface area contributed by atoms with Gasteiger partial charge in [0.2, 0.25) is 0 Å². The van der Waals surface area contributed by atoms with E-state index in [2.05, 4.69) is 10.3 Å². The topological polar surface area (TPSA) is 78.9 Å². The molecule has 0 radical (unpaired) electrons. The summed E-state index contributed by atoms with van der Waals surface area (Å²) in [5.41, 5.74) is 1.57. The Kier molecular flexibility index (Phi) is 8.39. The van der Waals surface area contributed by atoms with Crippen LogP contribution in [0.25, 0.3) is 0 Å². The van der Waals surface area contributed by atoms with Crippen molar-refractivity contribution < 1.29 is 28.1 Å². The van der Waals surface area contributed by atoms with Gasteiger partial charge in [-0.3, -0.25) is 9.78 Å².